The van der Waals surface area contributed by atoms with E-state index in [-0.39, 0.29) is 5.56 Å². The Morgan fingerprint density at radius 2 is 2.00 bits per heavy atom. The SMILES string of the molecule is O=C(O)Cc1cc(O)cc([N+](=O)[O-])c1O. The normalized spacial score (nSPS) is 9.87. The number of aliphatic carboxylic acids is 1. The van der Waals surface area contributed by atoms with Crippen LogP contribution < -0.4 is 0 Å². The van der Waals surface area contributed by atoms with Crippen molar-refractivity contribution in [2.45, 2.75) is 6.42 Å². The van der Waals surface area contributed by atoms with Gasteiger partial charge in [-0.05, 0) is 6.07 Å². The fraction of sp³-hybridized carbons (Fsp3) is 0.125. The summed E-state index contributed by atoms with van der Waals surface area (Å²) >= 11 is 0. The summed E-state index contributed by atoms with van der Waals surface area (Å²) in [5.74, 6) is -2.46. The summed E-state index contributed by atoms with van der Waals surface area (Å²) in [4.78, 5) is 19.8. The van der Waals surface area contributed by atoms with Crippen molar-refractivity contribution in [2.24, 2.45) is 0 Å². The first-order valence-electron chi connectivity index (χ1n) is 3.83. The van der Waals surface area contributed by atoms with Crippen molar-refractivity contribution in [3.05, 3.63) is 27.8 Å². The number of nitrogens with zero attached hydrogens (tertiary/aromatic N) is 1. The lowest BCUT2D eigenvalue weighted by molar-refractivity contribution is -0.386. The Balaban J connectivity index is 3.28. The number of hydrogen-bond donors (Lipinski definition) is 3. The molecule has 7 heteroatoms. The number of rotatable bonds is 3. The average Bonchev–Trinajstić information content (AvgIpc) is 2.09. The summed E-state index contributed by atoms with van der Waals surface area (Å²) in [6, 6.07) is 1.72. The molecule has 0 fully saturated rings. The van der Waals surface area contributed by atoms with E-state index >= 15 is 0 Å². The van der Waals surface area contributed by atoms with E-state index in [1.165, 1.54) is 0 Å². The molecular formula is C8H7NO6. The van der Waals surface area contributed by atoms with Gasteiger partial charge < -0.3 is 15.3 Å². The van der Waals surface area contributed by atoms with Gasteiger partial charge in [0.1, 0.15) is 5.75 Å². The van der Waals surface area contributed by atoms with E-state index in [4.69, 9.17) is 10.2 Å². The van der Waals surface area contributed by atoms with Crippen molar-refractivity contribution < 1.29 is 25.0 Å². The van der Waals surface area contributed by atoms with E-state index in [9.17, 15) is 20.0 Å². The largest absolute Gasteiger partial charge is 0.508 e. The van der Waals surface area contributed by atoms with Crippen molar-refractivity contribution in [1.82, 2.24) is 0 Å². The molecule has 0 saturated carbocycles. The number of nitro benzene ring substituents is 1. The predicted octanol–water partition coefficient (Wildman–Crippen LogP) is 0.633. The molecule has 0 bridgehead atoms. The average molecular weight is 213 g/mol. The van der Waals surface area contributed by atoms with Gasteiger partial charge in [0.2, 0.25) is 0 Å². The Kier molecular flexibility index (Phi) is 2.75. The van der Waals surface area contributed by atoms with Crippen LogP contribution >= 0.6 is 0 Å². The molecule has 0 spiro atoms. The standard InChI is InChI=1S/C8H7NO6/c10-5-1-4(2-7(11)12)8(13)6(3-5)9(14)15/h1,3,10,13H,2H2,(H,11,12). The molecule has 1 aromatic rings. The maximum atomic E-state index is 10.4. The summed E-state index contributed by atoms with van der Waals surface area (Å²) in [5.41, 5.74) is -0.916. The first-order chi connectivity index (χ1) is 6.91. The molecule has 0 saturated heterocycles. The second-order valence-electron chi connectivity index (χ2n) is 2.80. The molecule has 0 radical (unpaired) electrons. The first-order valence-corrected chi connectivity index (χ1v) is 3.83. The molecule has 0 heterocycles. The highest BCUT2D eigenvalue weighted by Gasteiger charge is 2.20. The van der Waals surface area contributed by atoms with Crippen LogP contribution in [0.15, 0.2) is 12.1 Å². The van der Waals surface area contributed by atoms with E-state index in [0.717, 1.165) is 12.1 Å². The monoisotopic (exact) mass is 213 g/mol. The number of nitro groups is 1. The molecule has 0 aliphatic heterocycles. The summed E-state index contributed by atoms with van der Waals surface area (Å²) in [6.07, 6.45) is -0.596. The van der Waals surface area contributed by atoms with E-state index in [1.807, 2.05) is 0 Å². The third-order valence-corrected chi connectivity index (χ3v) is 1.69. The van der Waals surface area contributed by atoms with Gasteiger partial charge in [-0.3, -0.25) is 14.9 Å². The molecule has 15 heavy (non-hydrogen) atoms. The number of hydrogen-bond acceptors (Lipinski definition) is 5. The second-order valence-corrected chi connectivity index (χ2v) is 2.80. The molecule has 0 unspecified atom stereocenters. The molecule has 80 valence electrons. The van der Waals surface area contributed by atoms with Crippen LogP contribution in [0.4, 0.5) is 5.69 Å². The molecule has 3 N–H and O–H groups in total. The number of aromatic hydroxyl groups is 2. The lowest BCUT2D eigenvalue weighted by Crippen LogP contribution is -2.01. The van der Waals surface area contributed by atoms with Gasteiger partial charge in [0.15, 0.2) is 5.75 Å². The minimum atomic E-state index is -1.26. The Labute approximate surface area is 83.4 Å². The van der Waals surface area contributed by atoms with Gasteiger partial charge in [-0.15, -0.1) is 0 Å². The zero-order valence-corrected chi connectivity index (χ0v) is 7.38. The minimum absolute atomic E-state index is 0.200. The third-order valence-electron chi connectivity index (χ3n) is 1.69. The number of phenols is 2. The van der Waals surface area contributed by atoms with E-state index in [1.54, 1.807) is 0 Å². The van der Waals surface area contributed by atoms with Crippen molar-refractivity contribution in [1.29, 1.82) is 0 Å². The molecule has 7 nitrogen and oxygen atoms in total. The lowest BCUT2D eigenvalue weighted by atomic mass is 10.1. The van der Waals surface area contributed by atoms with Crippen LogP contribution in [0.3, 0.4) is 0 Å². The summed E-state index contributed by atoms with van der Waals surface area (Å²) in [7, 11) is 0. The number of carboxylic acid groups (broad SMARTS) is 1. The van der Waals surface area contributed by atoms with Gasteiger partial charge in [0.25, 0.3) is 0 Å². The summed E-state index contributed by atoms with van der Waals surface area (Å²) < 4.78 is 0. The van der Waals surface area contributed by atoms with Crippen LogP contribution in [-0.4, -0.2) is 26.2 Å². The lowest BCUT2D eigenvalue weighted by Gasteiger charge is -2.03. The number of carboxylic acids is 1. The van der Waals surface area contributed by atoms with Crippen LogP contribution in [0.5, 0.6) is 11.5 Å². The zero-order valence-electron chi connectivity index (χ0n) is 7.38. The molecule has 1 rings (SSSR count). The van der Waals surface area contributed by atoms with Gasteiger partial charge >= 0.3 is 11.7 Å². The Morgan fingerprint density at radius 1 is 1.40 bits per heavy atom. The highest BCUT2D eigenvalue weighted by Crippen LogP contribution is 2.34. The fourth-order valence-electron chi connectivity index (χ4n) is 1.10. The van der Waals surface area contributed by atoms with E-state index in [2.05, 4.69) is 0 Å². The number of phenolic OH excluding ortho intramolecular Hbond substituents is 2. The van der Waals surface area contributed by atoms with Crippen LogP contribution in [0.25, 0.3) is 0 Å². The molecule has 1 aromatic carbocycles. The van der Waals surface area contributed by atoms with Crippen LogP contribution in [0, 0.1) is 10.1 Å². The summed E-state index contributed by atoms with van der Waals surface area (Å²) in [5, 5.41) is 37.2. The maximum absolute atomic E-state index is 10.4. The Bertz CT molecular complexity index is 427. The van der Waals surface area contributed by atoms with Gasteiger partial charge in [-0.25, -0.2) is 0 Å². The fourth-order valence-corrected chi connectivity index (χ4v) is 1.10. The highest BCUT2D eigenvalue weighted by atomic mass is 16.6. The van der Waals surface area contributed by atoms with Crippen molar-refractivity contribution >= 4 is 11.7 Å². The molecule has 0 atom stereocenters. The summed E-state index contributed by atoms with van der Waals surface area (Å²) in [6.45, 7) is 0. The Morgan fingerprint density at radius 3 is 2.47 bits per heavy atom. The molecular weight excluding hydrogens is 206 g/mol. The van der Waals surface area contributed by atoms with Crippen molar-refractivity contribution in [3.63, 3.8) is 0 Å². The molecule has 0 aliphatic carbocycles. The second kappa shape index (κ2) is 3.82. The molecule has 0 amide bonds. The number of carbonyl (C=O) groups is 1. The quantitative estimate of drug-likeness (QED) is 0.384. The van der Waals surface area contributed by atoms with Crippen molar-refractivity contribution in [3.8, 4) is 11.5 Å². The topological polar surface area (TPSA) is 121 Å². The highest BCUT2D eigenvalue weighted by molar-refractivity contribution is 5.73. The van der Waals surface area contributed by atoms with Gasteiger partial charge in [0.05, 0.1) is 17.4 Å². The van der Waals surface area contributed by atoms with Gasteiger partial charge in [-0.1, -0.05) is 0 Å². The Hall–Kier alpha value is -2.31. The van der Waals surface area contributed by atoms with Gasteiger partial charge in [0, 0.05) is 5.56 Å². The maximum Gasteiger partial charge on any atom is 0.314 e. The molecule has 0 aromatic heterocycles. The van der Waals surface area contributed by atoms with Crippen LogP contribution in [0.1, 0.15) is 5.56 Å². The predicted molar refractivity (Wildman–Crippen MR) is 47.8 cm³/mol. The smallest absolute Gasteiger partial charge is 0.314 e. The number of benzene rings is 1. The van der Waals surface area contributed by atoms with E-state index in [0.29, 0.717) is 0 Å². The molecule has 0 aliphatic rings. The van der Waals surface area contributed by atoms with Crippen LogP contribution in [-0.2, 0) is 11.2 Å². The zero-order chi connectivity index (χ0) is 11.6. The third kappa shape index (κ3) is 2.33. The van der Waals surface area contributed by atoms with Crippen LogP contribution in [0.2, 0.25) is 0 Å². The minimum Gasteiger partial charge on any atom is -0.508 e. The van der Waals surface area contributed by atoms with E-state index < -0.39 is 34.5 Å². The van der Waals surface area contributed by atoms with Crippen molar-refractivity contribution in [2.75, 3.05) is 0 Å². The first kappa shape index (κ1) is 10.8. The van der Waals surface area contributed by atoms with Gasteiger partial charge in [-0.2, -0.15) is 0 Å².